The Bertz CT molecular complexity index is 257. The van der Waals surface area contributed by atoms with Gasteiger partial charge in [0, 0.05) is 19.1 Å². The average Bonchev–Trinajstić information content (AvgIpc) is 1.98. The van der Waals surface area contributed by atoms with Crippen LogP contribution in [0.3, 0.4) is 0 Å². The van der Waals surface area contributed by atoms with Crippen LogP contribution in [0.1, 0.15) is 32.1 Å². The predicted molar refractivity (Wildman–Crippen MR) is 57.9 cm³/mol. The quantitative estimate of drug-likeness (QED) is 0.617. The Labute approximate surface area is 85.9 Å². The molecule has 1 unspecified atom stereocenters. The van der Waals surface area contributed by atoms with Crippen molar-refractivity contribution in [1.82, 2.24) is 5.32 Å². The highest BCUT2D eigenvalue weighted by Crippen LogP contribution is 2.60. The van der Waals surface area contributed by atoms with Crippen LogP contribution in [0.25, 0.3) is 0 Å². The van der Waals surface area contributed by atoms with Crippen LogP contribution >= 0.6 is 0 Å². The Kier molecular flexibility index (Phi) is 1.96. The first-order chi connectivity index (χ1) is 6.77. The van der Waals surface area contributed by atoms with Crippen molar-refractivity contribution in [2.45, 2.75) is 38.1 Å². The van der Waals surface area contributed by atoms with Gasteiger partial charge in [-0.15, -0.1) is 0 Å². The standard InChI is InChI=1S/C12H20N2/c13-11-4-9(7-14-8-11)10-5-12(6-10)2-1-3-12/h4,10-11,14H,1-3,5-8,13H2. The lowest BCUT2D eigenvalue weighted by Crippen LogP contribution is -2.47. The summed E-state index contributed by atoms with van der Waals surface area (Å²) in [4.78, 5) is 0. The zero-order chi connectivity index (χ0) is 9.60. The predicted octanol–water partition coefficient (Wildman–Crippen LogP) is 1.42. The van der Waals surface area contributed by atoms with Crippen molar-refractivity contribution in [2.24, 2.45) is 17.1 Å². The van der Waals surface area contributed by atoms with Crippen LogP contribution in [0.5, 0.6) is 0 Å². The molecule has 0 amide bonds. The first-order valence-corrected chi connectivity index (χ1v) is 5.94. The maximum absolute atomic E-state index is 5.92. The minimum atomic E-state index is 0.261. The molecule has 1 aliphatic heterocycles. The van der Waals surface area contributed by atoms with Crippen molar-refractivity contribution in [3.63, 3.8) is 0 Å². The van der Waals surface area contributed by atoms with Gasteiger partial charge in [-0.3, -0.25) is 0 Å². The zero-order valence-electron chi connectivity index (χ0n) is 8.76. The molecular weight excluding hydrogens is 172 g/mol. The van der Waals surface area contributed by atoms with Gasteiger partial charge in [0.25, 0.3) is 0 Å². The van der Waals surface area contributed by atoms with Crippen LogP contribution in [0.4, 0.5) is 0 Å². The molecule has 1 spiro atoms. The van der Waals surface area contributed by atoms with E-state index in [0.29, 0.717) is 0 Å². The van der Waals surface area contributed by atoms with E-state index >= 15 is 0 Å². The normalized spacial score (nSPS) is 36.1. The molecule has 0 aromatic carbocycles. The van der Waals surface area contributed by atoms with Gasteiger partial charge in [-0.25, -0.2) is 0 Å². The summed E-state index contributed by atoms with van der Waals surface area (Å²) in [7, 11) is 0. The molecule has 0 bridgehead atoms. The van der Waals surface area contributed by atoms with Gasteiger partial charge in [0.15, 0.2) is 0 Å². The molecule has 0 radical (unpaired) electrons. The minimum absolute atomic E-state index is 0.261. The van der Waals surface area contributed by atoms with Gasteiger partial charge < -0.3 is 11.1 Å². The SMILES string of the molecule is NC1C=C(C2CC3(CCC3)C2)CNC1. The highest BCUT2D eigenvalue weighted by atomic mass is 14.9. The summed E-state index contributed by atoms with van der Waals surface area (Å²) in [6.07, 6.45) is 9.68. The molecule has 78 valence electrons. The molecule has 14 heavy (non-hydrogen) atoms. The molecule has 3 N–H and O–H groups in total. The molecule has 2 aliphatic carbocycles. The van der Waals surface area contributed by atoms with E-state index in [4.69, 9.17) is 5.73 Å². The molecular formula is C12H20N2. The fourth-order valence-corrected chi connectivity index (χ4v) is 3.39. The molecule has 2 heteroatoms. The summed E-state index contributed by atoms with van der Waals surface area (Å²) in [6, 6.07) is 0.261. The fraction of sp³-hybridized carbons (Fsp3) is 0.833. The molecule has 1 atom stereocenters. The van der Waals surface area contributed by atoms with Crippen LogP contribution in [0, 0.1) is 11.3 Å². The molecule has 0 saturated heterocycles. The number of hydrogen-bond acceptors (Lipinski definition) is 2. The third-order valence-corrected chi connectivity index (χ3v) is 4.43. The largest absolute Gasteiger partial charge is 0.323 e. The van der Waals surface area contributed by atoms with Crippen LogP contribution in [-0.2, 0) is 0 Å². The van der Waals surface area contributed by atoms with E-state index in [-0.39, 0.29) is 6.04 Å². The van der Waals surface area contributed by atoms with E-state index in [1.54, 1.807) is 5.57 Å². The topological polar surface area (TPSA) is 38.0 Å². The molecule has 3 aliphatic rings. The first-order valence-electron chi connectivity index (χ1n) is 5.94. The summed E-state index contributed by atoms with van der Waals surface area (Å²) >= 11 is 0. The summed E-state index contributed by atoms with van der Waals surface area (Å²) in [6.45, 7) is 2.05. The van der Waals surface area contributed by atoms with Crippen molar-refractivity contribution >= 4 is 0 Å². The van der Waals surface area contributed by atoms with Crippen molar-refractivity contribution in [3.8, 4) is 0 Å². The van der Waals surface area contributed by atoms with E-state index < -0.39 is 0 Å². The fourth-order valence-electron chi connectivity index (χ4n) is 3.39. The van der Waals surface area contributed by atoms with Gasteiger partial charge >= 0.3 is 0 Å². The van der Waals surface area contributed by atoms with E-state index in [1.165, 1.54) is 32.1 Å². The van der Waals surface area contributed by atoms with Crippen molar-refractivity contribution in [1.29, 1.82) is 0 Å². The monoisotopic (exact) mass is 192 g/mol. The van der Waals surface area contributed by atoms with Crippen LogP contribution in [-0.4, -0.2) is 19.1 Å². The first kappa shape index (κ1) is 8.93. The van der Waals surface area contributed by atoms with Gasteiger partial charge in [-0.2, -0.15) is 0 Å². The van der Waals surface area contributed by atoms with E-state index in [9.17, 15) is 0 Å². The minimum Gasteiger partial charge on any atom is -0.323 e. The number of rotatable bonds is 1. The highest BCUT2D eigenvalue weighted by Gasteiger charge is 2.48. The molecule has 2 fully saturated rings. The van der Waals surface area contributed by atoms with E-state index in [1.807, 2.05) is 0 Å². The second-order valence-electron chi connectivity index (χ2n) is 5.50. The molecule has 2 saturated carbocycles. The summed E-state index contributed by atoms with van der Waals surface area (Å²) in [5.74, 6) is 0.870. The Morgan fingerprint density at radius 2 is 2.14 bits per heavy atom. The molecule has 3 rings (SSSR count). The zero-order valence-corrected chi connectivity index (χ0v) is 8.76. The Hall–Kier alpha value is -0.340. The summed E-state index contributed by atoms with van der Waals surface area (Å²) in [5, 5.41) is 3.40. The lowest BCUT2D eigenvalue weighted by Gasteiger charge is -2.55. The van der Waals surface area contributed by atoms with Gasteiger partial charge in [0.05, 0.1) is 0 Å². The molecule has 0 aromatic heterocycles. The average molecular weight is 192 g/mol. The third kappa shape index (κ3) is 1.32. The Morgan fingerprint density at radius 1 is 1.36 bits per heavy atom. The number of nitrogens with two attached hydrogens (primary N) is 1. The smallest absolute Gasteiger partial charge is 0.0354 e. The lowest BCUT2D eigenvalue weighted by atomic mass is 9.50. The molecule has 1 heterocycles. The van der Waals surface area contributed by atoms with Crippen molar-refractivity contribution < 1.29 is 0 Å². The number of nitrogens with one attached hydrogen (secondary N) is 1. The van der Waals surface area contributed by atoms with Crippen molar-refractivity contribution in [2.75, 3.05) is 13.1 Å². The Morgan fingerprint density at radius 3 is 2.71 bits per heavy atom. The second kappa shape index (κ2) is 3.07. The van der Waals surface area contributed by atoms with Crippen LogP contribution in [0.15, 0.2) is 11.6 Å². The molecule has 2 nitrogen and oxygen atoms in total. The Balaban J connectivity index is 1.62. The van der Waals surface area contributed by atoms with Crippen molar-refractivity contribution in [3.05, 3.63) is 11.6 Å². The van der Waals surface area contributed by atoms with Gasteiger partial charge in [-0.05, 0) is 37.0 Å². The van der Waals surface area contributed by atoms with Crippen LogP contribution < -0.4 is 11.1 Å². The van der Waals surface area contributed by atoms with Crippen LogP contribution in [0.2, 0.25) is 0 Å². The van der Waals surface area contributed by atoms with Gasteiger partial charge in [-0.1, -0.05) is 18.1 Å². The third-order valence-electron chi connectivity index (χ3n) is 4.43. The maximum Gasteiger partial charge on any atom is 0.0354 e. The lowest BCUT2D eigenvalue weighted by molar-refractivity contribution is -0.0100. The second-order valence-corrected chi connectivity index (χ2v) is 5.50. The summed E-state index contributed by atoms with van der Waals surface area (Å²) in [5.41, 5.74) is 8.31. The van der Waals surface area contributed by atoms with E-state index in [0.717, 1.165) is 24.4 Å². The number of hydrogen-bond donors (Lipinski definition) is 2. The summed E-state index contributed by atoms with van der Waals surface area (Å²) < 4.78 is 0. The van der Waals surface area contributed by atoms with Gasteiger partial charge in [0.1, 0.15) is 0 Å². The highest BCUT2D eigenvalue weighted by molar-refractivity contribution is 5.21. The maximum atomic E-state index is 5.92. The van der Waals surface area contributed by atoms with Gasteiger partial charge in [0.2, 0.25) is 0 Å². The van der Waals surface area contributed by atoms with E-state index in [2.05, 4.69) is 11.4 Å². The molecule has 0 aromatic rings.